The quantitative estimate of drug-likeness (QED) is 0.668. The molecule has 0 aliphatic carbocycles. The minimum Gasteiger partial charge on any atom is -0.497 e. The standard InChI is InChI=1S/C23H30ClN3O4/c1-16(23(28)25-18-5-7-22(31-4)20(24)14-18)27-11-9-26(10-12-27)15-17-13-19(29-2)6-8-21(17)30-3/h5-8,13-14,16H,9-12,15H2,1-4H3,(H,25,28). The summed E-state index contributed by atoms with van der Waals surface area (Å²) in [5.74, 6) is 2.20. The molecule has 1 aliphatic rings. The largest absolute Gasteiger partial charge is 0.497 e. The van der Waals surface area contributed by atoms with Crippen molar-refractivity contribution in [2.24, 2.45) is 0 Å². The summed E-state index contributed by atoms with van der Waals surface area (Å²) in [5, 5.41) is 3.41. The first-order chi connectivity index (χ1) is 14.9. The lowest BCUT2D eigenvalue weighted by Gasteiger charge is -2.37. The summed E-state index contributed by atoms with van der Waals surface area (Å²) in [6, 6.07) is 10.8. The van der Waals surface area contributed by atoms with Crippen LogP contribution in [-0.2, 0) is 11.3 Å². The van der Waals surface area contributed by atoms with E-state index in [4.69, 9.17) is 25.8 Å². The van der Waals surface area contributed by atoms with Crippen LogP contribution in [0.1, 0.15) is 12.5 Å². The minimum absolute atomic E-state index is 0.0517. The molecule has 1 unspecified atom stereocenters. The van der Waals surface area contributed by atoms with Crippen molar-refractivity contribution in [3.05, 3.63) is 47.0 Å². The van der Waals surface area contributed by atoms with Crippen LogP contribution in [0, 0.1) is 0 Å². The Labute approximate surface area is 188 Å². The highest BCUT2D eigenvalue weighted by atomic mass is 35.5. The maximum absolute atomic E-state index is 12.7. The Morgan fingerprint density at radius 2 is 1.68 bits per heavy atom. The molecule has 1 amide bonds. The van der Waals surface area contributed by atoms with Gasteiger partial charge in [0.1, 0.15) is 17.2 Å². The van der Waals surface area contributed by atoms with Crippen molar-refractivity contribution >= 4 is 23.2 Å². The first-order valence-corrected chi connectivity index (χ1v) is 10.6. The summed E-state index contributed by atoms with van der Waals surface area (Å²) in [6.45, 7) is 6.06. The Morgan fingerprint density at radius 3 is 2.29 bits per heavy atom. The van der Waals surface area contributed by atoms with Gasteiger partial charge in [0.2, 0.25) is 5.91 Å². The maximum Gasteiger partial charge on any atom is 0.241 e. The number of hydrogen-bond donors (Lipinski definition) is 1. The van der Waals surface area contributed by atoms with Crippen molar-refractivity contribution in [2.75, 3.05) is 52.8 Å². The number of carbonyl (C=O) groups excluding carboxylic acids is 1. The predicted molar refractivity (Wildman–Crippen MR) is 122 cm³/mol. The number of methoxy groups -OCH3 is 3. The molecule has 0 saturated carbocycles. The van der Waals surface area contributed by atoms with E-state index in [0.29, 0.717) is 16.5 Å². The number of ether oxygens (including phenoxy) is 3. The Bertz CT molecular complexity index is 900. The molecular weight excluding hydrogens is 418 g/mol. The van der Waals surface area contributed by atoms with Gasteiger partial charge in [-0.25, -0.2) is 0 Å². The van der Waals surface area contributed by atoms with Gasteiger partial charge >= 0.3 is 0 Å². The summed E-state index contributed by atoms with van der Waals surface area (Å²) < 4.78 is 16.0. The molecule has 1 N–H and O–H groups in total. The molecule has 0 aromatic heterocycles. The third kappa shape index (κ3) is 5.81. The van der Waals surface area contributed by atoms with E-state index in [2.05, 4.69) is 15.1 Å². The molecule has 2 aromatic carbocycles. The number of benzene rings is 2. The van der Waals surface area contributed by atoms with Crippen LogP contribution in [0.3, 0.4) is 0 Å². The zero-order valence-corrected chi connectivity index (χ0v) is 19.2. The Hall–Kier alpha value is -2.48. The zero-order valence-electron chi connectivity index (χ0n) is 18.5. The van der Waals surface area contributed by atoms with Gasteiger partial charge in [-0.2, -0.15) is 0 Å². The van der Waals surface area contributed by atoms with Crippen molar-refractivity contribution in [3.8, 4) is 17.2 Å². The maximum atomic E-state index is 12.7. The number of anilines is 1. The molecule has 3 rings (SSSR count). The Kier molecular flexibility index (Phi) is 8.01. The molecule has 1 saturated heterocycles. The third-order valence-electron chi connectivity index (χ3n) is 5.63. The number of nitrogens with one attached hydrogen (secondary N) is 1. The average molecular weight is 448 g/mol. The molecule has 8 heteroatoms. The molecular formula is C23H30ClN3O4. The van der Waals surface area contributed by atoms with E-state index >= 15 is 0 Å². The zero-order chi connectivity index (χ0) is 22.4. The number of piperazine rings is 1. The van der Waals surface area contributed by atoms with Crippen LogP contribution in [0.5, 0.6) is 17.2 Å². The topological polar surface area (TPSA) is 63.3 Å². The van der Waals surface area contributed by atoms with Crippen LogP contribution in [0.25, 0.3) is 0 Å². The first-order valence-electron chi connectivity index (χ1n) is 10.3. The van der Waals surface area contributed by atoms with Crippen molar-refractivity contribution in [1.29, 1.82) is 0 Å². The monoisotopic (exact) mass is 447 g/mol. The number of halogens is 1. The number of amides is 1. The molecule has 31 heavy (non-hydrogen) atoms. The van der Waals surface area contributed by atoms with Gasteiger partial charge in [-0.1, -0.05) is 11.6 Å². The van der Waals surface area contributed by atoms with Crippen LogP contribution < -0.4 is 19.5 Å². The third-order valence-corrected chi connectivity index (χ3v) is 5.93. The molecule has 168 valence electrons. The van der Waals surface area contributed by atoms with E-state index in [-0.39, 0.29) is 11.9 Å². The highest BCUT2D eigenvalue weighted by Gasteiger charge is 2.26. The molecule has 0 spiro atoms. The van der Waals surface area contributed by atoms with Crippen LogP contribution in [0.15, 0.2) is 36.4 Å². The normalized spacial score (nSPS) is 15.9. The van der Waals surface area contributed by atoms with Crippen molar-refractivity contribution in [1.82, 2.24) is 9.80 Å². The van der Waals surface area contributed by atoms with E-state index in [1.165, 1.54) is 0 Å². The molecule has 7 nitrogen and oxygen atoms in total. The lowest BCUT2D eigenvalue weighted by atomic mass is 10.1. The number of nitrogens with zero attached hydrogens (tertiary/aromatic N) is 2. The predicted octanol–water partition coefficient (Wildman–Crippen LogP) is 3.51. The van der Waals surface area contributed by atoms with E-state index in [1.807, 2.05) is 25.1 Å². The number of carbonyl (C=O) groups is 1. The second kappa shape index (κ2) is 10.7. The molecule has 0 radical (unpaired) electrons. The highest BCUT2D eigenvalue weighted by Crippen LogP contribution is 2.28. The minimum atomic E-state index is -0.241. The summed E-state index contributed by atoms with van der Waals surface area (Å²) in [4.78, 5) is 17.3. The van der Waals surface area contributed by atoms with Gasteiger partial charge in [-0.05, 0) is 43.3 Å². The highest BCUT2D eigenvalue weighted by molar-refractivity contribution is 6.32. The van der Waals surface area contributed by atoms with Gasteiger partial charge in [0.15, 0.2) is 0 Å². The summed E-state index contributed by atoms with van der Waals surface area (Å²) >= 11 is 6.16. The number of hydrogen-bond acceptors (Lipinski definition) is 6. The number of rotatable bonds is 8. The van der Waals surface area contributed by atoms with Crippen molar-refractivity contribution in [2.45, 2.75) is 19.5 Å². The summed E-state index contributed by atoms with van der Waals surface area (Å²) in [7, 11) is 4.90. The van der Waals surface area contributed by atoms with Gasteiger partial charge in [-0.3, -0.25) is 14.6 Å². The average Bonchev–Trinajstić information content (AvgIpc) is 2.79. The van der Waals surface area contributed by atoms with Crippen LogP contribution >= 0.6 is 11.6 Å². The van der Waals surface area contributed by atoms with E-state index in [9.17, 15) is 4.79 Å². The van der Waals surface area contributed by atoms with Crippen molar-refractivity contribution in [3.63, 3.8) is 0 Å². The van der Waals surface area contributed by atoms with Crippen LogP contribution in [0.4, 0.5) is 5.69 Å². The van der Waals surface area contributed by atoms with E-state index in [1.54, 1.807) is 39.5 Å². The fourth-order valence-electron chi connectivity index (χ4n) is 3.71. The lowest BCUT2D eigenvalue weighted by molar-refractivity contribution is -0.121. The second-order valence-electron chi connectivity index (χ2n) is 7.50. The van der Waals surface area contributed by atoms with Crippen LogP contribution in [0.2, 0.25) is 5.02 Å². The van der Waals surface area contributed by atoms with Gasteiger partial charge in [0, 0.05) is 44.0 Å². The van der Waals surface area contributed by atoms with Gasteiger partial charge in [0.25, 0.3) is 0 Å². The smallest absolute Gasteiger partial charge is 0.241 e. The molecule has 1 heterocycles. The fraction of sp³-hybridized carbons (Fsp3) is 0.435. The van der Waals surface area contributed by atoms with Crippen molar-refractivity contribution < 1.29 is 19.0 Å². The molecule has 1 atom stereocenters. The summed E-state index contributed by atoms with van der Waals surface area (Å²) in [6.07, 6.45) is 0. The van der Waals surface area contributed by atoms with Gasteiger partial charge in [0.05, 0.1) is 32.4 Å². The molecule has 2 aromatic rings. The van der Waals surface area contributed by atoms with Crippen LogP contribution in [-0.4, -0.2) is 69.3 Å². The van der Waals surface area contributed by atoms with Gasteiger partial charge in [-0.15, -0.1) is 0 Å². The fourth-order valence-corrected chi connectivity index (χ4v) is 3.97. The first kappa shape index (κ1) is 23.2. The van der Waals surface area contributed by atoms with E-state index < -0.39 is 0 Å². The van der Waals surface area contributed by atoms with E-state index in [0.717, 1.165) is 49.8 Å². The Balaban J connectivity index is 1.54. The molecule has 1 fully saturated rings. The molecule has 1 aliphatic heterocycles. The Morgan fingerprint density at radius 1 is 1.00 bits per heavy atom. The van der Waals surface area contributed by atoms with Gasteiger partial charge < -0.3 is 19.5 Å². The second-order valence-corrected chi connectivity index (χ2v) is 7.91. The lowest BCUT2D eigenvalue weighted by Crippen LogP contribution is -2.52. The molecule has 0 bridgehead atoms. The summed E-state index contributed by atoms with van der Waals surface area (Å²) in [5.41, 5.74) is 1.75. The SMILES string of the molecule is COc1ccc(OC)c(CN2CCN(C(C)C(=O)Nc3ccc(OC)c(Cl)c3)CC2)c1.